The normalized spacial score (nSPS) is 11.6. The third kappa shape index (κ3) is 2.88. The maximum Gasteiger partial charge on any atom is 0.266 e. The molecule has 0 aliphatic heterocycles. The minimum atomic E-state index is -0.0580. The van der Waals surface area contributed by atoms with E-state index in [1.54, 1.807) is 12.3 Å². The van der Waals surface area contributed by atoms with Crippen LogP contribution < -0.4 is 5.56 Å². The lowest BCUT2D eigenvalue weighted by Gasteiger charge is -2.21. The molecule has 72 valence electrons. The second-order valence-corrected chi connectivity index (χ2v) is 4.16. The van der Waals surface area contributed by atoms with E-state index < -0.39 is 0 Å². The Bertz CT molecular complexity index is 332. The molecular formula is C9H14N2OS. The first-order valence-corrected chi connectivity index (χ1v) is 4.81. The predicted molar refractivity (Wildman–Crippen MR) is 56.1 cm³/mol. The molecule has 0 spiro atoms. The van der Waals surface area contributed by atoms with Gasteiger partial charge in [-0.2, -0.15) is 17.7 Å². The predicted octanol–water partition coefficient (Wildman–Crippen LogP) is 1.20. The maximum absolute atomic E-state index is 11.3. The Morgan fingerprint density at radius 1 is 1.62 bits per heavy atom. The molecule has 1 aromatic heterocycles. The van der Waals surface area contributed by atoms with Crippen LogP contribution in [0.25, 0.3) is 0 Å². The van der Waals surface area contributed by atoms with Gasteiger partial charge in [-0.25, -0.2) is 4.68 Å². The number of nitrogens with zero attached hydrogens (tertiary/aromatic N) is 2. The summed E-state index contributed by atoms with van der Waals surface area (Å²) in [5.74, 6) is 0.732. The minimum Gasteiger partial charge on any atom is -0.268 e. The van der Waals surface area contributed by atoms with Crippen LogP contribution in [0.3, 0.4) is 0 Å². The highest BCUT2D eigenvalue weighted by molar-refractivity contribution is 7.80. The minimum absolute atomic E-state index is 0.00128. The quantitative estimate of drug-likeness (QED) is 0.741. The topological polar surface area (TPSA) is 34.9 Å². The van der Waals surface area contributed by atoms with Gasteiger partial charge in [0.2, 0.25) is 0 Å². The van der Waals surface area contributed by atoms with Crippen molar-refractivity contribution in [1.82, 2.24) is 9.78 Å². The molecule has 0 aromatic carbocycles. The Kier molecular flexibility index (Phi) is 3.14. The summed E-state index contributed by atoms with van der Waals surface area (Å²) >= 11 is 4.22. The molecule has 0 aliphatic rings. The lowest BCUT2D eigenvalue weighted by molar-refractivity contribution is 0.325. The van der Waals surface area contributed by atoms with Gasteiger partial charge in [-0.15, -0.1) is 0 Å². The molecule has 1 aromatic rings. The fourth-order valence-corrected chi connectivity index (χ4v) is 1.06. The molecule has 0 saturated heterocycles. The molecule has 0 N–H and O–H groups in total. The van der Waals surface area contributed by atoms with Crippen LogP contribution in [-0.2, 0) is 6.54 Å². The number of rotatable bonds is 3. The van der Waals surface area contributed by atoms with Crippen LogP contribution >= 0.6 is 12.6 Å². The molecule has 0 bridgehead atoms. The van der Waals surface area contributed by atoms with E-state index in [-0.39, 0.29) is 11.0 Å². The van der Waals surface area contributed by atoms with Gasteiger partial charge in [0.15, 0.2) is 0 Å². The van der Waals surface area contributed by atoms with E-state index in [1.165, 1.54) is 10.7 Å². The smallest absolute Gasteiger partial charge is 0.266 e. The zero-order chi connectivity index (χ0) is 9.90. The molecule has 0 unspecified atom stereocenters. The van der Waals surface area contributed by atoms with Crippen LogP contribution in [0.4, 0.5) is 0 Å². The monoisotopic (exact) mass is 198 g/mol. The van der Waals surface area contributed by atoms with Gasteiger partial charge in [0, 0.05) is 12.3 Å². The standard InChI is InChI=1S/C9H14N2OS/c1-9(2,7-13)6-11-8(12)4-3-5-10-11/h3-5,13H,6-7H2,1-2H3. The van der Waals surface area contributed by atoms with Gasteiger partial charge in [0.1, 0.15) is 0 Å². The number of aromatic nitrogens is 2. The molecule has 0 atom stereocenters. The zero-order valence-corrected chi connectivity index (χ0v) is 8.79. The average Bonchev–Trinajstić information content (AvgIpc) is 2.09. The summed E-state index contributed by atoms with van der Waals surface area (Å²) in [5.41, 5.74) is -0.0567. The summed E-state index contributed by atoms with van der Waals surface area (Å²) in [4.78, 5) is 11.3. The van der Waals surface area contributed by atoms with E-state index in [4.69, 9.17) is 0 Å². The van der Waals surface area contributed by atoms with Crippen molar-refractivity contribution in [1.29, 1.82) is 0 Å². The maximum atomic E-state index is 11.3. The summed E-state index contributed by atoms with van der Waals surface area (Å²) in [6, 6.07) is 3.16. The van der Waals surface area contributed by atoms with Gasteiger partial charge < -0.3 is 0 Å². The fourth-order valence-electron chi connectivity index (χ4n) is 0.961. The fraction of sp³-hybridized carbons (Fsp3) is 0.556. The lowest BCUT2D eigenvalue weighted by Crippen LogP contribution is -2.30. The zero-order valence-electron chi connectivity index (χ0n) is 7.90. The molecule has 0 amide bonds. The van der Waals surface area contributed by atoms with E-state index >= 15 is 0 Å². The first-order chi connectivity index (χ1) is 6.05. The lowest BCUT2D eigenvalue weighted by atomic mass is 9.97. The largest absolute Gasteiger partial charge is 0.268 e. The summed E-state index contributed by atoms with van der Waals surface area (Å²) in [6.45, 7) is 4.72. The summed E-state index contributed by atoms with van der Waals surface area (Å²) in [5, 5.41) is 3.98. The van der Waals surface area contributed by atoms with Crippen LogP contribution in [0.5, 0.6) is 0 Å². The Morgan fingerprint density at radius 3 is 2.85 bits per heavy atom. The molecule has 0 radical (unpaired) electrons. The molecular weight excluding hydrogens is 184 g/mol. The molecule has 1 rings (SSSR count). The van der Waals surface area contributed by atoms with Crippen LogP contribution in [0.15, 0.2) is 23.1 Å². The molecule has 4 heteroatoms. The Balaban J connectivity index is 2.87. The first kappa shape index (κ1) is 10.3. The second kappa shape index (κ2) is 3.96. The molecule has 0 aliphatic carbocycles. The van der Waals surface area contributed by atoms with Crippen LogP contribution in [0, 0.1) is 5.41 Å². The van der Waals surface area contributed by atoms with E-state index in [0.29, 0.717) is 6.54 Å². The van der Waals surface area contributed by atoms with Gasteiger partial charge in [-0.1, -0.05) is 13.8 Å². The van der Waals surface area contributed by atoms with E-state index in [1.807, 2.05) is 0 Å². The van der Waals surface area contributed by atoms with Gasteiger partial charge in [0.25, 0.3) is 5.56 Å². The second-order valence-electron chi connectivity index (χ2n) is 3.84. The van der Waals surface area contributed by atoms with Crippen molar-refractivity contribution in [3.05, 3.63) is 28.7 Å². The van der Waals surface area contributed by atoms with Gasteiger partial charge >= 0.3 is 0 Å². The Hall–Kier alpha value is -0.770. The van der Waals surface area contributed by atoms with Crippen molar-refractivity contribution in [2.24, 2.45) is 5.41 Å². The van der Waals surface area contributed by atoms with Crippen LogP contribution in [-0.4, -0.2) is 15.5 Å². The van der Waals surface area contributed by atoms with Crippen molar-refractivity contribution in [2.45, 2.75) is 20.4 Å². The van der Waals surface area contributed by atoms with Crippen LogP contribution in [0.1, 0.15) is 13.8 Å². The SMILES string of the molecule is CC(C)(CS)Cn1ncccc1=O. The molecule has 1 heterocycles. The third-order valence-corrected chi connectivity index (χ3v) is 2.65. The Morgan fingerprint density at radius 2 is 2.31 bits per heavy atom. The molecule has 3 nitrogen and oxygen atoms in total. The summed E-state index contributed by atoms with van der Waals surface area (Å²) < 4.78 is 1.47. The Labute approximate surface area is 83.2 Å². The summed E-state index contributed by atoms with van der Waals surface area (Å²) in [6.07, 6.45) is 1.62. The van der Waals surface area contributed by atoms with Crippen molar-refractivity contribution in [2.75, 3.05) is 5.75 Å². The molecule has 0 saturated carbocycles. The first-order valence-electron chi connectivity index (χ1n) is 4.18. The number of thiol groups is 1. The molecule has 13 heavy (non-hydrogen) atoms. The third-order valence-electron chi connectivity index (χ3n) is 1.79. The van der Waals surface area contributed by atoms with Crippen molar-refractivity contribution in [3.63, 3.8) is 0 Å². The highest BCUT2D eigenvalue weighted by Crippen LogP contribution is 2.17. The van der Waals surface area contributed by atoms with E-state index in [9.17, 15) is 4.79 Å². The summed E-state index contributed by atoms with van der Waals surface area (Å²) in [7, 11) is 0. The van der Waals surface area contributed by atoms with Gasteiger partial charge in [0.05, 0.1) is 6.54 Å². The van der Waals surface area contributed by atoms with E-state index in [2.05, 4.69) is 31.6 Å². The van der Waals surface area contributed by atoms with Crippen molar-refractivity contribution in [3.8, 4) is 0 Å². The highest BCUT2D eigenvalue weighted by atomic mass is 32.1. The van der Waals surface area contributed by atoms with Crippen molar-refractivity contribution >= 4 is 12.6 Å². The molecule has 0 fully saturated rings. The average molecular weight is 198 g/mol. The van der Waals surface area contributed by atoms with E-state index in [0.717, 1.165) is 5.75 Å². The van der Waals surface area contributed by atoms with Crippen molar-refractivity contribution < 1.29 is 0 Å². The van der Waals surface area contributed by atoms with Crippen LogP contribution in [0.2, 0.25) is 0 Å². The number of hydrogen-bond acceptors (Lipinski definition) is 3. The number of hydrogen-bond donors (Lipinski definition) is 1. The van der Waals surface area contributed by atoms with Gasteiger partial charge in [-0.3, -0.25) is 4.79 Å². The van der Waals surface area contributed by atoms with Gasteiger partial charge in [-0.05, 0) is 17.2 Å². The highest BCUT2D eigenvalue weighted by Gasteiger charge is 2.17.